The third-order valence-electron chi connectivity index (χ3n) is 5.79. The highest BCUT2D eigenvalue weighted by molar-refractivity contribution is 6.07. The summed E-state index contributed by atoms with van der Waals surface area (Å²) >= 11 is 0. The number of hydrogen-bond acceptors (Lipinski definition) is 5. The smallest absolute Gasteiger partial charge is 0.252 e. The van der Waals surface area contributed by atoms with Crippen LogP contribution in [0.4, 0.5) is 0 Å². The quantitative estimate of drug-likeness (QED) is 0.686. The Morgan fingerprint density at radius 2 is 1.90 bits per heavy atom. The monoisotopic (exact) mass is 403 g/mol. The van der Waals surface area contributed by atoms with Gasteiger partial charge >= 0.3 is 0 Å². The average Bonchev–Trinajstić information content (AvgIpc) is 2.79. The molecule has 30 heavy (non-hydrogen) atoms. The summed E-state index contributed by atoms with van der Waals surface area (Å²) < 4.78 is 0. The van der Waals surface area contributed by atoms with Crippen molar-refractivity contribution in [2.24, 2.45) is 0 Å². The number of fused-ring (bicyclic) bond motifs is 1. The first-order chi connectivity index (χ1) is 14.6. The molecule has 1 aliphatic rings. The zero-order valence-corrected chi connectivity index (χ0v) is 17.8. The maximum absolute atomic E-state index is 13.1. The van der Waals surface area contributed by atoms with Crippen molar-refractivity contribution in [1.29, 1.82) is 0 Å². The van der Waals surface area contributed by atoms with Crippen molar-refractivity contribution in [2.75, 3.05) is 45.8 Å². The molecule has 0 radical (unpaired) electrons. The van der Waals surface area contributed by atoms with Gasteiger partial charge in [0.2, 0.25) is 0 Å². The summed E-state index contributed by atoms with van der Waals surface area (Å²) in [7, 11) is 0. The van der Waals surface area contributed by atoms with Gasteiger partial charge in [-0.3, -0.25) is 14.7 Å². The van der Waals surface area contributed by atoms with E-state index in [0.29, 0.717) is 12.1 Å². The fourth-order valence-corrected chi connectivity index (χ4v) is 3.94. The minimum absolute atomic E-state index is 0.0506. The van der Waals surface area contributed by atoms with Gasteiger partial charge in [0.05, 0.1) is 16.8 Å². The van der Waals surface area contributed by atoms with Gasteiger partial charge in [0.15, 0.2) is 0 Å². The van der Waals surface area contributed by atoms with E-state index >= 15 is 0 Å². The van der Waals surface area contributed by atoms with E-state index in [0.717, 1.165) is 67.0 Å². The SMILES string of the molecule is CCN1CCN(CCNC(=O)c2cc(-c3cccnc3)nc3ccc(C)cc23)CC1. The number of piperazine rings is 1. The normalized spacial score (nSPS) is 15.4. The second-order valence-electron chi connectivity index (χ2n) is 7.85. The fourth-order valence-electron chi connectivity index (χ4n) is 3.94. The first kappa shape index (κ1) is 20.4. The van der Waals surface area contributed by atoms with Gasteiger partial charge in [-0.05, 0) is 43.8 Å². The van der Waals surface area contributed by atoms with Crippen LogP contribution in [-0.2, 0) is 0 Å². The van der Waals surface area contributed by atoms with Gasteiger partial charge in [0, 0.05) is 62.6 Å². The molecule has 6 nitrogen and oxygen atoms in total. The van der Waals surface area contributed by atoms with Crippen LogP contribution in [0.15, 0.2) is 48.8 Å². The Balaban J connectivity index is 1.51. The third-order valence-corrected chi connectivity index (χ3v) is 5.79. The summed E-state index contributed by atoms with van der Waals surface area (Å²) in [5, 5.41) is 4.01. The van der Waals surface area contributed by atoms with Crippen molar-refractivity contribution in [3.05, 3.63) is 59.9 Å². The Hall–Kier alpha value is -2.83. The van der Waals surface area contributed by atoms with Gasteiger partial charge in [0.25, 0.3) is 5.91 Å². The van der Waals surface area contributed by atoms with Crippen molar-refractivity contribution >= 4 is 16.8 Å². The summed E-state index contributed by atoms with van der Waals surface area (Å²) in [6.45, 7) is 11.2. The molecular formula is C24H29N5O. The highest BCUT2D eigenvalue weighted by Gasteiger charge is 2.17. The van der Waals surface area contributed by atoms with E-state index in [2.05, 4.69) is 27.0 Å². The van der Waals surface area contributed by atoms with Crippen LogP contribution >= 0.6 is 0 Å². The van der Waals surface area contributed by atoms with Gasteiger partial charge in [-0.25, -0.2) is 4.98 Å². The van der Waals surface area contributed by atoms with Crippen molar-refractivity contribution in [3.8, 4) is 11.3 Å². The number of pyridine rings is 2. The van der Waals surface area contributed by atoms with Gasteiger partial charge in [0.1, 0.15) is 0 Å². The lowest BCUT2D eigenvalue weighted by atomic mass is 10.0. The van der Waals surface area contributed by atoms with Crippen LogP contribution < -0.4 is 5.32 Å². The highest BCUT2D eigenvalue weighted by atomic mass is 16.1. The number of hydrogen-bond donors (Lipinski definition) is 1. The van der Waals surface area contributed by atoms with Crippen LogP contribution in [-0.4, -0.2) is 71.5 Å². The molecule has 0 spiro atoms. The zero-order valence-electron chi connectivity index (χ0n) is 17.8. The van der Waals surface area contributed by atoms with Crippen LogP contribution in [0.2, 0.25) is 0 Å². The van der Waals surface area contributed by atoms with E-state index in [4.69, 9.17) is 4.98 Å². The van der Waals surface area contributed by atoms with E-state index in [1.54, 1.807) is 12.4 Å². The molecule has 2 aromatic heterocycles. The molecule has 3 aromatic rings. The van der Waals surface area contributed by atoms with Crippen LogP contribution in [0.25, 0.3) is 22.2 Å². The number of carbonyl (C=O) groups is 1. The molecule has 1 amide bonds. The fraction of sp³-hybridized carbons (Fsp3) is 0.375. The molecule has 1 saturated heterocycles. The van der Waals surface area contributed by atoms with Crippen molar-refractivity contribution in [1.82, 2.24) is 25.1 Å². The summed E-state index contributed by atoms with van der Waals surface area (Å²) in [6.07, 6.45) is 3.52. The Bertz CT molecular complexity index is 1010. The average molecular weight is 404 g/mol. The van der Waals surface area contributed by atoms with E-state index in [9.17, 15) is 4.79 Å². The molecule has 0 atom stereocenters. The number of nitrogens with one attached hydrogen (secondary N) is 1. The molecule has 0 bridgehead atoms. The maximum Gasteiger partial charge on any atom is 0.252 e. The standard InChI is InChI=1S/C24H29N5O/c1-3-28-11-13-29(14-12-28)10-9-26-24(30)21-16-23(19-5-4-8-25-17-19)27-22-7-6-18(2)15-20(21)22/h4-8,15-17H,3,9-14H2,1-2H3,(H,26,30). The van der Waals surface area contributed by atoms with E-state index in [1.165, 1.54) is 0 Å². The van der Waals surface area contributed by atoms with Crippen LogP contribution in [0, 0.1) is 6.92 Å². The Kier molecular flexibility index (Phi) is 6.35. The third kappa shape index (κ3) is 4.66. The second-order valence-corrected chi connectivity index (χ2v) is 7.85. The topological polar surface area (TPSA) is 61.4 Å². The largest absolute Gasteiger partial charge is 0.351 e. The number of aromatic nitrogens is 2. The minimum atomic E-state index is -0.0506. The van der Waals surface area contributed by atoms with Gasteiger partial charge in [-0.2, -0.15) is 0 Å². The molecule has 156 valence electrons. The molecule has 1 aromatic carbocycles. The van der Waals surface area contributed by atoms with E-state index in [1.807, 2.05) is 43.3 Å². The predicted molar refractivity (Wildman–Crippen MR) is 121 cm³/mol. The summed E-state index contributed by atoms with van der Waals surface area (Å²) in [5.41, 5.74) is 4.27. The lowest BCUT2D eigenvalue weighted by Crippen LogP contribution is -2.48. The van der Waals surface area contributed by atoms with Crippen molar-refractivity contribution in [2.45, 2.75) is 13.8 Å². The molecule has 1 aliphatic heterocycles. The molecular weight excluding hydrogens is 374 g/mol. The first-order valence-corrected chi connectivity index (χ1v) is 10.7. The van der Waals surface area contributed by atoms with Gasteiger partial charge in [-0.15, -0.1) is 0 Å². The number of amides is 1. The molecule has 0 saturated carbocycles. The van der Waals surface area contributed by atoms with Crippen molar-refractivity contribution in [3.63, 3.8) is 0 Å². The Morgan fingerprint density at radius 1 is 1.10 bits per heavy atom. The molecule has 1 N–H and O–H groups in total. The first-order valence-electron chi connectivity index (χ1n) is 10.7. The predicted octanol–water partition coefficient (Wildman–Crippen LogP) is 2.97. The lowest BCUT2D eigenvalue weighted by molar-refractivity contribution is 0.0939. The van der Waals surface area contributed by atoms with Crippen molar-refractivity contribution < 1.29 is 4.79 Å². The van der Waals surface area contributed by atoms with Gasteiger partial charge in [-0.1, -0.05) is 18.6 Å². The number of aryl methyl sites for hydroxylation is 1. The van der Waals surface area contributed by atoms with Crippen LogP contribution in [0.5, 0.6) is 0 Å². The second kappa shape index (κ2) is 9.32. The molecule has 0 aliphatic carbocycles. The molecule has 1 fully saturated rings. The lowest BCUT2D eigenvalue weighted by Gasteiger charge is -2.33. The number of rotatable bonds is 6. The number of benzene rings is 1. The number of nitrogens with zero attached hydrogens (tertiary/aromatic N) is 4. The summed E-state index contributed by atoms with van der Waals surface area (Å²) in [6, 6.07) is 11.8. The summed E-state index contributed by atoms with van der Waals surface area (Å²) in [5.74, 6) is -0.0506. The van der Waals surface area contributed by atoms with Gasteiger partial charge < -0.3 is 10.2 Å². The number of likely N-dealkylation sites (N-methyl/N-ethyl adjacent to an activating group) is 1. The zero-order chi connectivity index (χ0) is 20.9. The summed E-state index contributed by atoms with van der Waals surface area (Å²) in [4.78, 5) is 26.9. The Morgan fingerprint density at radius 3 is 2.63 bits per heavy atom. The number of carbonyl (C=O) groups excluding carboxylic acids is 1. The molecule has 6 heteroatoms. The molecule has 3 heterocycles. The maximum atomic E-state index is 13.1. The van der Waals surface area contributed by atoms with E-state index < -0.39 is 0 Å². The highest BCUT2D eigenvalue weighted by Crippen LogP contribution is 2.25. The van der Waals surface area contributed by atoms with E-state index in [-0.39, 0.29) is 5.91 Å². The Labute approximate surface area is 177 Å². The van der Waals surface area contributed by atoms with Crippen LogP contribution in [0.1, 0.15) is 22.8 Å². The molecule has 0 unspecified atom stereocenters. The molecule has 4 rings (SSSR count). The minimum Gasteiger partial charge on any atom is -0.351 e. The van der Waals surface area contributed by atoms with Crippen LogP contribution in [0.3, 0.4) is 0 Å².